The van der Waals surface area contributed by atoms with Crippen molar-refractivity contribution in [2.24, 2.45) is 5.10 Å². The highest BCUT2D eigenvalue weighted by Crippen LogP contribution is 2.36. The van der Waals surface area contributed by atoms with Crippen LogP contribution in [0.4, 0.5) is 5.69 Å². The van der Waals surface area contributed by atoms with Gasteiger partial charge in [-0.2, -0.15) is 5.10 Å². The highest BCUT2D eigenvalue weighted by atomic mass is 79.9. The van der Waals surface area contributed by atoms with Crippen LogP contribution in [-0.2, 0) is 16.0 Å². The number of hydrazone groups is 1. The number of ether oxygens (including phenoxy) is 1. The number of rotatable bonds is 5. The van der Waals surface area contributed by atoms with Gasteiger partial charge in [0.2, 0.25) is 0 Å². The first-order valence-electron chi connectivity index (χ1n) is 9.22. The quantitative estimate of drug-likeness (QED) is 0.507. The van der Waals surface area contributed by atoms with Crippen LogP contribution in [0.5, 0.6) is 0 Å². The number of amides is 1. The molecule has 0 radical (unpaired) electrons. The Balaban J connectivity index is 1.77. The number of amidine groups is 1. The van der Waals surface area contributed by atoms with E-state index < -0.39 is 8.07 Å². The fourth-order valence-electron chi connectivity index (χ4n) is 3.33. The van der Waals surface area contributed by atoms with Gasteiger partial charge >= 0.3 is 0 Å². The van der Waals surface area contributed by atoms with Crippen molar-refractivity contribution < 1.29 is 9.53 Å². The summed E-state index contributed by atoms with van der Waals surface area (Å²) in [4.78, 5) is 14.9. The van der Waals surface area contributed by atoms with Gasteiger partial charge in [-0.15, -0.1) is 0 Å². The standard InChI is InChI=1S/C19H28BrN3O2Si/c1-13-10-15-6-7-18-21-22(12-25-8-9-26(3,4)5)19(24)14(2)23(18)17(15)11-16(13)20/h10-11,14H,6-9,12H2,1-5H3. The molecule has 0 aromatic heterocycles. The second-order valence-electron chi connectivity index (χ2n) is 8.38. The van der Waals surface area contributed by atoms with Gasteiger partial charge in [-0.05, 0) is 43.5 Å². The van der Waals surface area contributed by atoms with Gasteiger partial charge in [0, 0.05) is 31.3 Å². The fraction of sp³-hybridized carbons (Fsp3) is 0.579. The van der Waals surface area contributed by atoms with E-state index in [1.54, 1.807) is 0 Å². The average Bonchev–Trinajstić information content (AvgIpc) is 2.55. The second-order valence-corrected chi connectivity index (χ2v) is 14.9. The first-order chi connectivity index (χ1) is 12.2. The Morgan fingerprint density at radius 1 is 1.31 bits per heavy atom. The maximum absolute atomic E-state index is 12.8. The molecule has 3 rings (SSSR count). The van der Waals surface area contributed by atoms with Crippen molar-refractivity contribution in [2.75, 3.05) is 18.2 Å². The van der Waals surface area contributed by atoms with E-state index >= 15 is 0 Å². The molecular weight excluding hydrogens is 410 g/mol. The zero-order valence-electron chi connectivity index (χ0n) is 16.3. The molecule has 0 saturated heterocycles. The molecule has 1 unspecified atom stereocenters. The van der Waals surface area contributed by atoms with Crippen LogP contribution in [0, 0.1) is 6.92 Å². The summed E-state index contributed by atoms with van der Waals surface area (Å²) < 4.78 is 6.82. The summed E-state index contributed by atoms with van der Waals surface area (Å²) in [5.41, 5.74) is 3.59. The van der Waals surface area contributed by atoms with E-state index in [-0.39, 0.29) is 18.7 Å². The first-order valence-corrected chi connectivity index (χ1v) is 13.7. The van der Waals surface area contributed by atoms with E-state index in [9.17, 15) is 4.79 Å². The fourth-order valence-corrected chi connectivity index (χ4v) is 4.42. The molecule has 0 saturated carbocycles. The summed E-state index contributed by atoms with van der Waals surface area (Å²) in [6.45, 7) is 12.0. The number of anilines is 1. The van der Waals surface area contributed by atoms with Gasteiger partial charge in [0.15, 0.2) is 0 Å². The molecule has 142 valence electrons. The van der Waals surface area contributed by atoms with Crippen molar-refractivity contribution in [3.63, 3.8) is 0 Å². The summed E-state index contributed by atoms with van der Waals surface area (Å²) >= 11 is 3.62. The number of benzene rings is 1. The van der Waals surface area contributed by atoms with Gasteiger partial charge in [-0.3, -0.25) is 4.79 Å². The largest absolute Gasteiger partial charge is 0.359 e. The average molecular weight is 438 g/mol. The predicted molar refractivity (Wildman–Crippen MR) is 112 cm³/mol. The minimum Gasteiger partial charge on any atom is -0.359 e. The molecule has 7 heteroatoms. The summed E-state index contributed by atoms with van der Waals surface area (Å²) in [7, 11) is -1.13. The maximum Gasteiger partial charge on any atom is 0.267 e. The maximum atomic E-state index is 12.8. The Kier molecular flexibility index (Phi) is 5.60. The molecule has 1 aromatic carbocycles. The number of carbonyl (C=O) groups is 1. The summed E-state index contributed by atoms with van der Waals surface area (Å²) in [5, 5.41) is 6.13. The first kappa shape index (κ1) is 19.6. The van der Waals surface area contributed by atoms with Crippen LogP contribution in [0.2, 0.25) is 25.7 Å². The number of halogens is 1. The normalized spacial score (nSPS) is 20.0. The molecule has 1 amide bonds. The minimum absolute atomic E-state index is 0.00805. The Morgan fingerprint density at radius 2 is 2.04 bits per heavy atom. The highest BCUT2D eigenvalue weighted by molar-refractivity contribution is 9.10. The third kappa shape index (κ3) is 4.04. The van der Waals surface area contributed by atoms with Crippen LogP contribution in [0.15, 0.2) is 21.7 Å². The molecular formula is C19H28BrN3O2Si. The van der Waals surface area contributed by atoms with Crippen molar-refractivity contribution in [2.45, 2.75) is 58.4 Å². The molecule has 26 heavy (non-hydrogen) atoms. The summed E-state index contributed by atoms with van der Waals surface area (Å²) in [6, 6.07) is 5.15. The molecule has 0 fully saturated rings. The Hall–Kier alpha value is -1.18. The predicted octanol–water partition coefficient (Wildman–Crippen LogP) is 4.37. The Morgan fingerprint density at radius 3 is 2.73 bits per heavy atom. The van der Waals surface area contributed by atoms with Crippen molar-refractivity contribution in [1.29, 1.82) is 0 Å². The highest BCUT2D eigenvalue weighted by Gasteiger charge is 2.37. The van der Waals surface area contributed by atoms with Crippen LogP contribution in [-0.4, -0.2) is 44.2 Å². The van der Waals surface area contributed by atoms with E-state index in [1.807, 2.05) is 6.92 Å². The minimum atomic E-state index is -1.13. The van der Waals surface area contributed by atoms with Gasteiger partial charge < -0.3 is 9.64 Å². The molecule has 0 bridgehead atoms. The summed E-state index contributed by atoms with van der Waals surface area (Å²) in [5.74, 6) is 0.945. The van der Waals surface area contributed by atoms with E-state index in [1.165, 1.54) is 16.1 Å². The van der Waals surface area contributed by atoms with Gasteiger partial charge in [0.1, 0.15) is 18.6 Å². The molecule has 0 N–H and O–H groups in total. The SMILES string of the molecule is Cc1cc2c(cc1Br)N1C(=NN(COCC[Si](C)(C)C)C(=O)C1C)CC2. The second kappa shape index (κ2) is 7.44. The number of carbonyl (C=O) groups excluding carboxylic acids is 1. The Labute approximate surface area is 165 Å². The van der Waals surface area contributed by atoms with Gasteiger partial charge in [-0.25, -0.2) is 5.01 Å². The van der Waals surface area contributed by atoms with Crippen LogP contribution < -0.4 is 4.90 Å². The zero-order chi connectivity index (χ0) is 19.1. The molecule has 5 nitrogen and oxygen atoms in total. The van der Waals surface area contributed by atoms with E-state index in [0.29, 0.717) is 6.61 Å². The van der Waals surface area contributed by atoms with Crippen LogP contribution >= 0.6 is 15.9 Å². The lowest BCUT2D eigenvalue weighted by Crippen LogP contribution is -2.55. The molecule has 2 aliphatic heterocycles. The summed E-state index contributed by atoms with van der Waals surface area (Å²) in [6.07, 6.45) is 1.79. The topological polar surface area (TPSA) is 45.1 Å². The van der Waals surface area contributed by atoms with E-state index in [4.69, 9.17) is 4.74 Å². The smallest absolute Gasteiger partial charge is 0.267 e. The number of hydrogen-bond donors (Lipinski definition) is 0. The lowest BCUT2D eigenvalue weighted by molar-refractivity contribution is -0.138. The van der Waals surface area contributed by atoms with Crippen molar-refractivity contribution in [3.05, 3.63) is 27.7 Å². The van der Waals surface area contributed by atoms with Crippen molar-refractivity contribution in [1.82, 2.24) is 5.01 Å². The van der Waals surface area contributed by atoms with Crippen molar-refractivity contribution in [3.8, 4) is 0 Å². The molecule has 1 atom stereocenters. The molecule has 2 aliphatic rings. The van der Waals surface area contributed by atoms with Crippen molar-refractivity contribution >= 4 is 41.4 Å². The molecule has 1 aromatic rings. The van der Waals surface area contributed by atoms with E-state index in [2.05, 4.69) is 64.6 Å². The monoisotopic (exact) mass is 437 g/mol. The van der Waals surface area contributed by atoms with Gasteiger partial charge in [0.05, 0.1) is 0 Å². The van der Waals surface area contributed by atoms with Crippen LogP contribution in [0.25, 0.3) is 0 Å². The third-order valence-corrected chi connectivity index (χ3v) is 7.52. The Bertz CT molecular complexity index is 745. The van der Waals surface area contributed by atoms with Gasteiger partial charge in [-0.1, -0.05) is 41.6 Å². The van der Waals surface area contributed by atoms with E-state index in [0.717, 1.165) is 34.9 Å². The number of hydrogen-bond acceptors (Lipinski definition) is 4. The number of nitrogens with zero attached hydrogens (tertiary/aromatic N) is 3. The molecule has 2 heterocycles. The van der Waals surface area contributed by atoms with Gasteiger partial charge in [0.25, 0.3) is 5.91 Å². The number of aryl methyl sites for hydroxylation is 2. The molecule has 0 aliphatic carbocycles. The number of fused-ring (bicyclic) bond motifs is 3. The lowest BCUT2D eigenvalue weighted by Gasteiger charge is -2.41. The third-order valence-electron chi connectivity index (χ3n) is 4.96. The zero-order valence-corrected chi connectivity index (χ0v) is 18.9. The van der Waals surface area contributed by atoms with Crippen LogP contribution in [0.3, 0.4) is 0 Å². The van der Waals surface area contributed by atoms with Crippen LogP contribution in [0.1, 0.15) is 24.5 Å². The lowest BCUT2D eigenvalue weighted by atomic mass is 9.96. The molecule has 0 spiro atoms.